The van der Waals surface area contributed by atoms with Crippen molar-refractivity contribution >= 4 is 11.8 Å². The van der Waals surface area contributed by atoms with Gasteiger partial charge in [0, 0.05) is 11.6 Å². The summed E-state index contributed by atoms with van der Waals surface area (Å²) in [5.74, 6) is 0.728. The van der Waals surface area contributed by atoms with Crippen molar-refractivity contribution in [3.05, 3.63) is 41.3 Å². The third kappa shape index (κ3) is 4.22. The molecule has 126 valence electrons. The predicted molar refractivity (Wildman–Crippen MR) is 89.3 cm³/mol. The molecule has 24 heavy (non-hydrogen) atoms. The molecule has 0 bridgehead atoms. The van der Waals surface area contributed by atoms with Crippen LogP contribution in [0.25, 0.3) is 11.5 Å². The lowest BCUT2D eigenvalue weighted by Crippen LogP contribution is -2.38. The van der Waals surface area contributed by atoms with Gasteiger partial charge in [-0.25, -0.2) is 4.98 Å². The lowest BCUT2D eigenvalue weighted by Gasteiger charge is -2.05. The molecule has 0 aliphatic heterocycles. The number of aryl methyl sites for hydroxylation is 2. The van der Waals surface area contributed by atoms with Crippen LogP contribution in [-0.2, 0) is 16.0 Å². The van der Waals surface area contributed by atoms with Gasteiger partial charge < -0.3 is 15.1 Å². The molecule has 0 spiro atoms. The minimum atomic E-state index is -0.242. The van der Waals surface area contributed by atoms with E-state index < -0.39 is 0 Å². The highest BCUT2D eigenvalue weighted by molar-refractivity contribution is 5.85. The number of rotatable bonds is 6. The zero-order valence-corrected chi connectivity index (χ0v) is 13.9. The largest absolute Gasteiger partial charge is 0.441 e. The topological polar surface area (TPSA) is 84.2 Å². The maximum atomic E-state index is 12.0. The number of carbonyl (C=O) groups is 2. The second-order valence-corrected chi connectivity index (χ2v) is 6.19. The predicted octanol–water partition coefficient (Wildman–Crippen LogP) is 1.90. The highest BCUT2D eigenvalue weighted by Crippen LogP contribution is 2.22. The third-order valence-electron chi connectivity index (χ3n) is 3.87. The van der Waals surface area contributed by atoms with E-state index in [4.69, 9.17) is 4.42 Å². The number of carbonyl (C=O) groups excluding carboxylic acids is 2. The third-order valence-corrected chi connectivity index (χ3v) is 3.87. The first-order valence-electron chi connectivity index (χ1n) is 8.10. The molecule has 0 saturated heterocycles. The molecule has 0 atom stereocenters. The Morgan fingerprint density at radius 3 is 2.75 bits per heavy atom. The normalized spacial score (nSPS) is 13.6. The highest BCUT2D eigenvalue weighted by atomic mass is 16.4. The van der Waals surface area contributed by atoms with Crippen molar-refractivity contribution in [3.63, 3.8) is 0 Å². The van der Waals surface area contributed by atoms with Gasteiger partial charge in [-0.2, -0.15) is 0 Å². The van der Waals surface area contributed by atoms with Crippen molar-refractivity contribution in [2.75, 3.05) is 6.54 Å². The highest BCUT2D eigenvalue weighted by Gasteiger charge is 2.23. The van der Waals surface area contributed by atoms with Crippen molar-refractivity contribution in [3.8, 4) is 11.5 Å². The van der Waals surface area contributed by atoms with Crippen LogP contribution in [0.1, 0.15) is 29.9 Å². The molecule has 6 heteroatoms. The molecule has 1 aromatic heterocycles. The Balaban J connectivity index is 1.58. The monoisotopic (exact) mass is 327 g/mol. The number of oxazole rings is 1. The number of aromatic nitrogens is 1. The van der Waals surface area contributed by atoms with Gasteiger partial charge in [0.25, 0.3) is 0 Å². The van der Waals surface area contributed by atoms with Crippen molar-refractivity contribution in [1.82, 2.24) is 15.6 Å². The number of nitrogens with zero attached hydrogens (tertiary/aromatic N) is 1. The standard InChI is InChI=1S/C18H21N3O3/c1-11-4-3-5-13(8-11)18-21-15(12(2)24-18)9-16(22)19-10-17(23)20-14-6-7-14/h3-5,8,14H,6-7,9-10H2,1-2H3,(H,19,22)(H,20,23). The number of hydrogen-bond acceptors (Lipinski definition) is 4. The van der Waals surface area contributed by atoms with Crippen LogP contribution in [0.15, 0.2) is 28.7 Å². The first-order chi connectivity index (χ1) is 11.5. The fourth-order valence-corrected chi connectivity index (χ4v) is 2.39. The number of nitrogens with one attached hydrogen (secondary N) is 2. The fourth-order valence-electron chi connectivity index (χ4n) is 2.39. The first-order valence-corrected chi connectivity index (χ1v) is 8.10. The molecule has 2 N–H and O–H groups in total. The van der Waals surface area contributed by atoms with E-state index in [1.807, 2.05) is 31.2 Å². The Labute approximate surface area is 140 Å². The smallest absolute Gasteiger partial charge is 0.239 e. The van der Waals surface area contributed by atoms with Crippen LogP contribution in [0.3, 0.4) is 0 Å². The second-order valence-electron chi connectivity index (χ2n) is 6.19. The summed E-state index contributed by atoms with van der Waals surface area (Å²) in [7, 11) is 0. The molecule has 6 nitrogen and oxygen atoms in total. The molecule has 1 aliphatic rings. The van der Waals surface area contributed by atoms with Gasteiger partial charge in [0.15, 0.2) is 0 Å². The fraction of sp³-hybridized carbons (Fsp3) is 0.389. The number of hydrogen-bond donors (Lipinski definition) is 2. The zero-order valence-electron chi connectivity index (χ0n) is 13.9. The second kappa shape index (κ2) is 6.86. The summed E-state index contributed by atoms with van der Waals surface area (Å²) in [5.41, 5.74) is 2.59. The Hall–Kier alpha value is -2.63. The Morgan fingerprint density at radius 2 is 2.04 bits per heavy atom. The van der Waals surface area contributed by atoms with Crippen LogP contribution < -0.4 is 10.6 Å². The molecule has 1 aliphatic carbocycles. The summed E-state index contributed by atoms with van der Waals surface area (Å²) < 4.78 is 5.67. The van der Waals surface area contributed by atoms with Gasteiger partial charge in [-0.1, -0.05) is 17.7 Å². The van der Waals surface area contributed by atoms with Gasteiger partial charge in [0.05, 0.1) is 18.7 Å². The van der Waals surface area contributed by atoms with Crippen LogP contribution in [0, 0.1) is 13.8 Å². The van der Waals surface area contributed by atoms with Gasteiger partial charge in [-0.3, -0.25) is 9.59 Å². The van der Waals surface area contributed by atoms with Crippen LogP contribution in [0.2, 0.25) is 0 Å². The lowest BCUT2D eigenvalue weighted by molar-refractivity contribution is -0.125. The van der Waals surface area contributed by atoms with Crippen molar-refractivity contribution in [2.24, 2.45) is 0 Å². The van der Waals surface area contributed by atoms with Gasteiger partial charge in [-0.15, -0.1) is 0 Å². The van der Waals surface area contributed by atoms with Gasteiger partial charge in [-0.05, 0) is 38.8 Å². The summed E-state index contributed by atoms with van der Waals surface area (Å²) in [6.07, 6.45) is 2.15. The molecule has 1 heterocycles. The average molecular weight is 327 g/mol. The molecular weight excluding hydrogens is 306 g/mol. The average Bonchev–Trinajstić information content (AvgIpc) is 3.28. The van der Waals surface area contributed by atoms with E-state index in [0.717, 1.165) is 24.0 Å². The maximum Gasteiger partial charge on any atom is 0.239 e. The molecule has 2 aromatic rings. The Bertz CT molecular complexity index is 763. The van der Waals surface area contributed by atoms with Crippen LogP contribution in [-0.4, -0.2) is 29.4 Å². The van der Waals surface area contributed by atoms with Crippen LogP contribution in [0.5, 0.6) is 0 Å². The molecule has 0 radical (unpaired) electrons. The molecule has 3 rings (SSSR count). The van der Waals surface area contributed by atoms with Crippen LogP contribution >= 0.6 is 0 Å². The molecular formula is C18H21N3O3. The molecule has 1 fully saturated rings. The molecule has 0 unspecified atom stereocenters. The van der Waals surface area contributed by atoms with E-state index in [1.54, 1.807) is 6.92 Å². The van der Waals surface area contributed by atoms with Crippen molar-refractivity contribution < 1.29 is 14.0 Å². The summed E-state index contributed by atoms with van der Waals surface area (Å²) in [5, 5.41) is 5.44. The Morgan fingerprint density at radius 1 is 1.25 bits per heavy atom. The zero-order chi connectivity index (χ0) is 17.1. The SMILES string of the molecule is Cc1cccc(-c2nc(CC(=O)NCC(=O)NC3CC3)c(C)o2)c1. The first kappa shape index (κ1) is 16.2. The Kier molecular flexibility index (Phi) is 4.64. The summed E-state index contributed by atoms with van der Waals surface area (Å²) >= 11 is 0. The summed E-state index contributed by atoms with van der Waals surface area (Å²) in [4.78, 5) is 28.0. The van der Waals surface area contributed by atoms with E-state index in [1.165, 1.54) is 0 Å². The van der Waals surface area contributed by atoms with E-state index in [2.05, 4.69) is 15.6 Å². The maximum absolute atomic E-state index is 12.0. The molecule has 2 amide bonds. The summed E-state index contributed by atoms with van der Waals surface area (Å²) in [6, 6.07) is 8.14. The molecule has 1 saturated carbocycles. The summed E-state index contributed by atoms with van der Waals surface area (Å²) in [6.45, 7) is 3.78. The quantitative estimate of drug-likeness (QED) is 0.848. The molecule has 1 aromatic carbocycles. The lowest BCUT2D eigenvalue weighted by atomic mass is 10.1. The minimum absolute atomic E-state index is 0.00301. The van der Waals surface area contributed by atoms with Gasteiger partial charge in [0.2, 0.25) is 17.7 Å². The van der Waals surface area contributed by atoms with E-state index in [9.17, 15) is 9.59 Å². The van der Waals surface area contributed by atoms with E-state index in [-0.39, 0.29) is 24.8 Å². The van der Waals surface area contributed by atoms with Gasteiger partial charge >= 0.3 is 0 Å². The van der Waals surface area contributed by atoms with E-state index >= 15 is 0 Å². The minimum Gasteiger partial charge on any atom is -0.441 e. The van der Waals surface area contributed by atoms with Crippen molar-refractivity contribution in [2.45, 2.75) is 39.2 Å². The van der Waals surface area contributed by atoms with Gasteiger partial charge in [0.1, 0.15) is 5.76 Å². The van der Waals surface area contributed by atoms with Crippen molar-refractivity contribution in [1.29, 1.82) is 0 Å². The van der Waals surface area contributed by atoms with Crippen LogP contribution in [0.4, 0.5) is 0 Å². The van der Waals surface area contributed by atoms with E-state index in [0.29, 0.717) is 23.4 Å². The number of benzene rings is 1. The number of amides is 2.